The summed E-state index contributed by atoms with van der Waals surface area (Å²) in [6.07, 6.45) is 2.51. The van der Waals surface area contributed by atoms with Crippen LogP contribution < -0.4 is 0 Å². The average Bonchev–Trinajstić information content (AvgIpc) is 2.65. The number of carbonyl (C=O) groups excluding carboxylic acids is 1. The van der Waals surface area contributed by atoms with Crippen LogP contribution in [0, 0.1) is 6.92 Å². The van der Waals surface area contributed by atoms with Crippen LogP contribution in [0.2, 0.25) is 0 Å². The molecule has 2 aromatic rings. The molecule has 0 spiro atoms. The van der Waals surface area contributed by atoms with E-state index in [4.69, 9.17) is 4.42 Å². The van der Waals surface area contributed by atoms with E-state index >= 15 is 0 Å². The third-order valence-corrected chi connectivity index (χ3v) is 3.96. The lowest BCUT2D eigenvalue weighted by molar-refractivity contribution is 0.112. The number of benzene rings is 1. The summed E-state index contributed by atoms with van der Waals surface area (Å²) in [6, 6.07) is 7.59. The van der Waals surface area contributed by atoms with Crippen molar-refractivity contribution >= 4 is 34.0 Å². The third kappa shape index (κ3) is 2.39. The van der Waals surface area contributed by atoms with Crippen LogP contribution in [-0.2, 0) is 0 Å². The predicted molar refractivity (Wildman–Crippen MR) is 67.1 cm³/mol. The number of aryl methyl sites for hydroxylation is 1. The van der Waals surface area contributed by atoms with Crippen molar-refractivity contribution in [3.63, 3.8) is 0 Å². The van der Waals surface area contributed by atoms with E-state index in [0.717, 1.165) is 26.3 Å². The number of rotatable bonds is 3. The Bertz CT molecular complexity index is 519. The second-order valence-electron chi connectivity index (χ2n) is 3.24. The molecule has 0 aliphatic heterocycles. The van der Waals surface area contributed by atoms with Gasteiger partial charge in [-0.2, -0.15) is 0 Å². The summed E-state index contributed by atoms with van der Waals surface area (Å²) in [4.78, 5) is 12.8. The molecule has 0 bridgehead atoms. The maximum absolute atomic E-state index is 10.7. The summed E-state index contributed by atoms with van der Waals surface area (Å²) >= 11 is 4.98. The molecule has 1 aromatic heterocycles. The summed E-state index contributed by atoms with van der Waals surface area (Å²) in [5.74, 6) is 0.903. The molecule has 4 heteroatoms. The molecule has 2 rings (SSSR count). The zero-order valence-corrected chi connectivity index (χ0v) is 11.0. The number of carbonyl (C=O) groups is 1. The molecule has 0 aliphatic rings. The molecule has 0 saturated carbocycles. The van der Waals surface area contributed by atoms with Gasteiger partial charge in [-0.05, 0) is 31.2 Å². The van der Waals surface area contributed by atoms with Crippen LogP contribution in [-0.4, -0.2) is 6.29 Å². The van der Waals surface area contributed by atoms with E-state index in [-0.39, 0.29) is 0 Å². The van der Waals surface area contributed by atoms with Gasteiger partial charge in [-0.25, -0.2) is 0 Å². The highest BCUT2D eigenvalue weighted by atomic mass is 79.9. The molecule has 0 fully saturated rings. The van der Waals surface area contributed by atoms with Gasteiger partial charge in [0.2, 0.25) is 0 Å². The minimum Gasteiger partial charge on any atom is -0.468 e. The Morgan fingerprint density at radius 3 is 2.75 bits per heavy atom. The van der Waals surface area contributed by atoms with Crippen molar-refractivity contribution in [2.24, 2.45) is 0 Å². The summed E-state index contributed by atoms with van der Waals surface area (Å²) in [6.45, 7) is 1.93. The minimum atomic E-state index is 0.660. The van der Waals surface area contributed by atoms with Crippen molar-refractivity contribution in [2.45, 2.75) is 16.7 Å². The number of hydrogen-bond donors (Lipinski definition) is 0. The van der Waals surface area contributed by atoms with Gasteiger partial charge in [0.05, 0.1) is 11.2 Å². The molecule has 0 saturated heterocycles. The van der Waals surface area contributed by atoms with E-state index < -0.39 is 0 Å². The third-order valence-electron chi connectivity index (χ3n) is 2.14. The van der Waals surface area contributed by atoms with E-state index in [1.54, 1.807) is 24.1 Å². The SMILES string of the molecule is Cc1occc1Sc1ccc(C=O)c(Br)c1. The smallest absolute Gasteiger partial charge is 0.151 e. The van der Waals surface area contributed by atoms with Crippen molar-refractivity contribution in [2.75, 3.05) is 0 Å². The highest BCUT2D eigenvalue weighted by Crippen LogP contribution is 2.32. The van der Waals surface area contributed by atoms with Gasteiger partial charge in [-0.15, -0.1) is 0 Å². The van der Waals surface area contributed by atoms with Gasteiger partial charge < -0.3 is 4.42 Å². The van der Waals surface area contributed by atoms with Crippen LogP contribution in [0.25, 0.3) is 0 Å². The van der Waals surface area contributed by atoms with E-state index in [1.165, 1.54) is 0 Å². The van der Waals surface area contributed by atoms with Gasteiger partial charge in [0.1, 0.15) is 5.76 Å². The molecule has 1 aromatic carbocycles. The van der Waals surface area contributed by atoms with Crippen LogP contribution >= 0.6 is 27.7 Å². The first-order valence-electron chi connectivity index (χ1n) is 4.67. The van der Waals surface area contributed by atoms with Crippen molar-refractivity contribution in [1.29, 1.82) is 0 Å². The van der Waals surface area contributed by atoms with Crippen LogP contribution in [0.4, 0.5) is 0 Å². The molecule has 82 valence electrons. The van der Waals surface area contributed by atoms with E-state index in [9.17, 15) is 4.79 Å². The Labute approximate surface area is 106 Å². The lowest BCUT2D eigenvalue weighted by Crippen LogP contribution is -1.82. The van der Waals surface area contributed by atoms with Gasteiger partial charge in [0.25, 0.3) is 0 Å². The molecule has 0 radical (unpaired) electrons. The highest BCUT2D eigenvalue weighted by Gasteiger charge is 2.05. The van der Waals surface area contributed by atoms with Gasteiger partial charge in [0, 0.05) is 14.9 Å². The average molecular weight is 297 g/mol. The van der Waals surface area contributed by atoms with Gasteiger partial charge in [-0.3, -0.25) is 4.79 Å². The Balaban J connectivity index is 2.26. The zero-order chi connectivity index (χ0) is 11.5. The first-order chi connectivity index (χ1) is 7.70. The Hall–Kier alpha value is -1.00. The molecular formula is C12H9BrO2S. The molecule has 0 atom stereocenters. The van der Waals surface area contributed by atoms with Gasteiger partial charge in [0.15, 0.2) is 6.29 Å². The van der Waals surface area contributed by atoms with E-state index in [0.29, 0.717) is 5.56 Å². The summed E-state index contributed by atoms with van der Waals surface area (Å²) in [5, 5.41) is 0. The number of hydrogen-bond acceptors (Lipinski definition) is 3. The first-order valence-corrected chi connectivity index (χ1v) is 6.28. The maximum Gasteiger partial charge on any atom is 0.151 e. The minimum absolute atomic E-state index is 0.660. The van der Waals surface area contributed by atoms with Gasteiger partial charge in [-0.1, -0.05) is 27.7 Å². The van der Waals surface area contributed by atoms with E-state index in [2.05, 4.69) is 15.9 Å². The van der Waals surface area contributed by atoms with Crippen molar-refractivity contribution in [3.8, 4) is 0 Å². The van der Waals surface area contributed by atoms with Crippen LogP contribution in [0.1, 0.15) is 16.1 Å². The summed E-state index contributed by atoms with van der Waals surface area (Å²) < 4.78 is 6.04. The predicted octanol–water partition coefficient (Wildman–Crippen LogP) is 4.31. The molecule has 0 aliphatic carbocycles. The number of furan rings is 1. The topological polar surface area (TPSA) is 30.2 Å². The van der Waals surface area contributed by atoms with Crippen LogP contribution in [0.5, 0.6) is 0 Å². The highest BCUT2D eigenvalue weighted by molar-refractivity contribution is 9.10. The maximum atomic E-state index is 10.7. The fourth-order valence-corrected chi connectivity index (χ4v) is 2.78. The van der Waals surface area contributed by atoms with Crippen molar-refractivity contribution < 1.29 is 9.21 Å². The normalized spacial score (nSPS) is 10.4. The molecule has 0 amide bonds. The lowest BCUT2D eigenvalue weighted by Gasteiger charge is -2.02. The quantitative estimate of drug-likeness (QED) is 0.791. The van der Waals surface area contributed by atoms with Gasteiger partial charge >= 0.3 is 0 Å². The largest absolute Gasteiger partial charge is 0.468 e. The molecule has 16 heavy (non-hydrogen) atoms. The molecule has 1 heterocycles. The molecule has 0 N–H and O–H groups in total. The number of aldehydes is 1. The first kappa shape index (κ1) is 11.5. The fourth-order valence-electron chi connectivity index (χ4n) is 1.27. The lowest BCUT2D eigenvalue weighted by atomic mass is 10.2. The van der Waals surface area contributed by atoms with Crippen molar-refractivity contribution in [3.05, 3.63) is 46.3 Å². The summed E-state index contributed by atoms with van der Waals surface area (Å²) in [7, 11) is 0. The molecule has 0 unspecified atom stereocenters. The molecule has 2 nitrogen and oxygen atoms in total. The second-order valence-corrected chi connectivity index (χ2v) is 5.21. The Morgan fingerprint density at radius 1 is 1.38 bits per heavy atom. The Morgan fingerprint density at radius 2 is 2.19 bits per heavy atom. The Kier molecular flexibility index (Phi) is 3.51. The monoisotopic (exact) mass is 296 g/mol. The van der Waals surface area contributed by atoms with Crippen LogP contribution in [0.3, 0.4) is 0 Å². The number of halogens is 1. The summed E-state index contributed by atoms with van der Waals surface area (Å²) in [5.41, 5.74) is 0.660. The standard InChI is InChI=1S/C12H9BrO2S/c1-8-12(4-5-15-8)16-10-3-2-9(7-14)11(13)6-10/h2-7H,1H3. The van der Waals surface area contributed by atoms with Crippen LogP contribution in [0.15, 0.2) is 49.2 Å². The zero-order valence-electron chi connectivity index (χ0n) is 8.57. The van der Waals surface area contributed by atoms with E-state index in [1.807, 2.05) is 25.1 Å². The second kappa shape index (κ2) is 4.89. The fraction of sp³-hybridized carbons (Fsp3) is 0.0833. The van der Waals surface area contributed by atoms with Crippen molar-refractivity contribution in [1.82, 2.24) is 0 Å². The molecular weight excluding hydrogens is 288 g/mol.